The number of rotatable bonds is 6. The van der Waals surface area contributed by atoms with E-state index in [4.69, 9.17) is 0 Å². The topological polar surface area (TPSA) is 37.4 Å². The molecule has 0 saturated heterocycles. The number of hydrogen-bond acceptors (Lipinski definition) is 2. The minimum absolute atomic E-state index is 0.0534. The molecule has 0 fully saturated rings. The second-order valence-electron chi connectivity index (χ2n) is 3.45. The summed E-state index contributed by atoms with van der Waals surface area (Å²) < 4.78 is 52.1. The van der Waals surface area contributed by atoms with Crippen LogP contribution < -0.4 is 0 Å². The molecule has 0 unspecified atom stereocenters. The van der Waals surface area contributed by atoms with Gasteiger partial charge in [0.05, 0.1) is 0 Å². The molecule has 6 heteroatoms. The van der Waals surface area contributed by atoms with Crippen LogP contribution in [0, 0.1) is 11.6 Å². The van der Waals surface area contributed by atoms with Gasteiger partial charge < -0.3 is 0 Å². The first-order valence-electron chi connectivity index (χ1n) is 5.11. The molecule has 0 bridgehead atoms. The Morgan fingerprint density at radius 1 is 1.11 bits per heavy atom. The molecule has 1 rings (SSSR count). The zero-order valence-corrected chi connectivity index (χ0v) is 10.5. The number of benzene rings is 1. The van der Waals surface area contributed by atoms with Crippen LogP contribution in [0.5, 0.6) is 0 Å². The van der Waals surface area contributed by atoms with Crippen molar-refractivity contribution in [1.29, 1.82) is 0 Å². The molecule has 0 spiro atoms. The molecule has 3 nitrogen and oxygen atoms in total. The van der Waals surface area contributed by atoms with Crippen LogP contribution in [0.25, 0.3) is 0 Å². The van der Waals surface area contributed by atoms with Crippen molar-refractivity contribution in [2.75, 3.05) is 13.1 Å². The van der Waals surface area contributed by atoms with Crippen molar-refractivity contribution in [3.05, 3.63) is 55.1 Å². The Kier molecular flexibility index (Phi) is 4.75. The van der Waals surface area contributed by atoms with Crippen molar-refractivity contribution < 1.29 is 17.2 Å². The Balaban J connectivity index is 3.34. The maximum Gasteiger partial charge on any atom is 0.249 e. The van der Waals surface area contributed by atoms with Gasteiger partial charge in [0, 0.05) is 13.1 Å². The van der Waals surface area contributed by atoms with Crippen molar-refractivity contribution in [3.63, 3.8) is 0 Å². The van der Waals surface area contributed by atoms with E-state index in [-0.39, 0.29) is 13.1 Å². The predicted octanol–water partition coefficient (Wildman–Crippen LogP) is 2.33. The van der Waals surface area contributed by atoms with E-state index in [2.05, 4.69) is 13.2 Å². The first-order chi connectivity index (χ1) is 8.45. The van der Waals surface area contributed by atoms with Gasteiger partial charge in [-0.3, -0.25) is 0 Å². The standard InChI is InChI=1S/C12H13F2NO2S/c1-3-8-15(9-4-2)18(16,17)12-10(13)6-5-7-11(12)14/h3-7H,1-2,8-9H2. The molecule has 0 heterocycles. The highest BCUT2D eigenvalue weighted by molar-refractivity contribution is 7.89. The van der Waals surface area contributed by atoms with E-state index in [1.807, 2.05) is 0 Å². The lowest BCUT2D eigenvalue weighted by atomic mass is 10.3. The van der Waals surface area contributed by atoms with Crippen LogP contribution in [0.4, 0.5) is 8.78 Å². The summed E-state index contributed by atoms with van der Waals surface area (Å²) in [5.74, 6) is -2.23. The lowest BCUT2D eigenvalue weighted by Crippen LogP contribution is -2.32. The van der Waals surface area contributed by atoms with Crippen LogP contribution in [0.1, 0.15) is 0 Å². The van der Waals surface area contributed by atoms with Crippen molar-refractivity contribution in [3.8, 4) is 0 Å². The highest BCUT2D eigenvalue weighted by atomic mass is 32.2. The quantitative estimate of drug-likeness (QED) is 0.746. The highest BCUT2D eigenvalue weighted by Gasteiger charge is 2.29. The molecular formula is C12H13F2NO2S. The van der Waals surface area contributed by atoms with Gasteiger partial charge in [-0.25, -0.2) is 17.2 Å². The first-order valence-corrected chi connectivity index (χ1v) is 6.55. The van der Waals surface area contributed by atoms with E-state index >= 15 is 0 Å². The summed E-state index contributed by atoms with van der Waals surface area (Å²) in [5.41, 5.74) is 0. The zero-order valence-electron chi connectivity index (χ0n) is 9.64. The summed E-state index contributed by atoms with van der Waals surface area (Å²) >= 11 is 0. The van der Waals surface area contributed by atoms with E-state index in [1.165, 1.54) is 12.2 Å². The Labute approximate surface area is 105 Å². The number of halogens is 2. The normalized spacial score (nSPS) is 11.5. The Hall–Kier alpha value is -1.53. The molecule has 0 aromatic heterocycles. The highest BCUT2D eigenvalue weighted by Crippen LogP contribution is 2.22. The second-order valence-corrected chi connectivity index (χ2v) is 5.32. The average molecular weight is 273 g/mol. The third kappa shape index (κ3) is 2.83. The first kappa shape index (κ1) is 14.5. The van der Waals surface area contributed by atoms with Gasteiger partial charge in [0.15, 0.2) is 4.90 Å². The van der Waals surface area contributed by atoms with Crippen LogP contribution >= 0.6 is 0 Å². The minimum Gasteiger partial charge on any atom is -0.207 e. The fourth-order valence-corrected chi connectivity index (χ4v) is 2.91. The Morgan fingerprint density at radius 3 is 1.94 bits per heavy atom. The molecule has 98 valence electrons. The second kappa shape index (κ2) is 5.88. The fraction of sp³-hybridized carbons (Fsp3) is 0.167. The lowest BCUT2D eigenvalue weighted by molar-refractivity contribution is 0.453. The summed E-state index contributed by atoms with van der Waals surface area (Å²) in [6.45, 7) is 6.71. The third-order valence-electron chi connectivity index (χ3n) is 2.18. The van der Waals surface area contributed by atoms with Crippen LogP contribution in [0.15, 0.2) is 48.4 Å². The summed E-state index contributed by atoms with van der Waals surface area (Å²) in [6, 6.07) is 2.90. The van der Waals surface area contributed by atoms with Crippen LogP contribution in [0.2, 0.25) is 0 Å². The van der Waals surface area contributed by atoms with Gasteiger partial charge in [-0.2, -0.15) is 4.31 Å². The number of sulfonamides is 1. The molecule has 0 N–H and O–H groups in total. The third-order valence-corrected chi connectivity index (χ3v) is 4.07. The van der Waals surface area contributed by atoms with E-state index < -0.39 is 26.6 Å². The maximum atomic E-state index is 13.5. The van der Waals surface area contributed by atoms with Gasteiger partial charge in [-0.1, -0.05) is 18.2 Å². The monoisotopic (exact) mass is 273 g/mol. The van der Waals surface area contributed by atoms with Crippen molar-refractivity contribution >= 4 is 10.0 Å². The van der Waals surface area contributed by atoms with Crippen molar-refractivity contribution in [2.45, 2.75) is 4.90 Å². The summed E-state index contributed by atoms with van der Waals surface area (Å²) in [5, 5.41) is 0. The summed E-state index contributed by atoms with van der Waals surface area (Å²) in [6.07, 6.45) is 2.67. The van der Waals surface area contributed by atoms with Crippen LogP contribution in [-0.4, -0.2) is 25.8 Å². The molecule has 1 aromatic carbocycles. The molecule has 0 aliphatic heterocycles. The Bertz CT molecular complexity index is 525. The number of nitrogens with zero attached hydrogens (tertiary/aromatic N) is 1. The molecular weight excluding hydrogens is 260 g/mol. The molecule has 1 aromatic rings. The molecule has 0 radical (unpaired) electrons. The van der Waals surface area contributed by atoms with E-state index in [1.54, 1.807) is 0 Å². The largest absolute Gasteiger partial charge is 0.249 e. The van der Waals surface area contributed by atoms with Crippen molar-refractivity contribution in [1.82, 2.24) is 4.31 Å². The van der Waals surface area contributed by atoms with Gasteiger partial charge in [0.2, 0.25) is 10.0 Å². The smallest absolute Gasteiger partial charge is 0.207 e. The predicted molar refractivity (Wildman–Crippen MR) is 65.5 cm³/mol. The van der Waals surface area contributed by atoms with E-state index in [0.29, 0.717) is 0 Å². The lowest BCUT2D eigenvalue weighted by Gasteiger charge is -2.19. The molecule has 0 saturated carbocycles. The maximum absolute atomic E-state index is 13.5. The zero-order chi connectivity index (χ0) is 13.8. The molecule has 18 heavy (non-hydrogen) atoms. The van der Waals surface area contributed by atoms with E-state index in [0.717, 1.165) is 22.5 Å². The van der Waals surface area contributed by atoms with Crippen LogP contribution in [0.3, 0.4) is 0 Å². The summed E-state index contributed by atoms with van der Waals surface area (Å²) in [7, 11) is -4.25. The molecule has 0 aliphatic carbocycles. The minimum atomic E-state index is -4.25. The van der Waals surface area contributed by atoms with Gasteiger partial charge >= 0.3 is 0 Å². The van der Waals surface area contributed by atoms with Gasteiger partial charge in [-0.05, 0) is 12.1 Å². The Morgan fingerprint density at radius 2 is 1.56 bits per heavy atom. The van der Waals surface area contributed by atoms with Crippen molar-refractivity contribution in [2.24, 2.45) is 0 Å². The van der Waals surface area contributed by atoms with Gasteiger partial charge in [-0.15, -0.1) is 13.2 Å². The average Bonchev–Trinajstić information content (AvgIpc) is 2.28. The fourth-order valence-electron chi connectivity index (χ4n) is 1.42. The molecule has 0 aliphatic rings. The number of hydrogen-bond donors (Lipinski definition) is 0. The van der Waals surface area contributed by atoms with Crippen LogP contribution in [-0.2, 0) is 10.0 Å². The van der Waals surface area contributed by atoms with Gasteiger partial charge in [0.25, 0.3) is 0 Å². The SMILES string of the molecule is C=CCN(CC=C)S(=O)(=O)c1c(F)cccc1F. The van der Waals surface area contributed by atoms with Gasteiger partial charge in [0.1, 0.15) is 11.6 Å². The van der Waals surface area contributed by atoms with E-state index in [9.17, 15) is 17.2 Å². The summed E-state index contributed by atoms with van der Waals surface area (Å²) in [4.78, 5) is -0.950. The molecule has 0 amide bonds. The molecule has 0 atom stereocenters.